The molecule has 0 bridgehead atoms. The first-order chi connectivity index (χ1) is 13.4. The third-order valence-electron chi connectivity index (χ3n) is 4.99. The van der Waals surface area contributed by atoms with Crippen molar-refractivity contribution in [2.45, 2.75) is 30.6 Å². The van der Waals surface area contributed by atoms with E-state index in [1.54, 1.807) is 6.07 Å². The zero-order valence-corrected chi connectivity index (χ0v) is 16.4. The van der Waals surface area contributed by atoms with Crippen LogP contribution in [0.2, 0.25) is 0 Å². The molecule has 0 unspecified atom stereocenters. The lowest BCUT2D eigenvalue weighted by Crippen LogP contribution is -2.14. The van der Waals surface area contributed by atoms with E-state index in [0.29, 0.717) is 11.3 Å². The van der Waals surface area contributed by atoms with Crippen molar-refractivity contribution in [1.82, 2.24) is 8.96 Å². The molecule has 0 radical (unpaired) electrons. The van der Waals surface area contributed by atoms with Gasteiger partial charge in [-0.15, -0.1) is 0 Å². The number of pyridine rings is 1. The summed E-state index contributed by atoms with van der Waals surface area (Å²) in [5, 5.41) is 0. The van der Waals surface area contributed by atoms with Crippen LogP contribution in [0.15, 0.2) is 59.9 Å². The molecule has 0 amide bonds. The molecule has 1 aromatic carbocycles. The Morgan fingerprint density at radius 2 is 1.93 bits per heavy atom. The fraction of sp³-hybridized carbons (Fsp3) is 0.238. The molecule has 1 fully saturated rings. The number of hydrogen-bond acceptors (Lipinski definition) is 5. The van der Waals surface area contributed by atoms with Crippen LogP contribution in [0.3, 0.4) is 0 Å². The van der Waals surface area contributed by atoms with Crippen LogP contribution in [0.5, 0.6) is 0 Å². The minimum atomic E-state index is -3.94. The minimum absolute atomic E-state index is 0.0681. The molecule has 1 aliphatic carbocycles. The number of ether oxygens (including phenoxy) is 1. The van der Waals surface area contributed by atoms with Crippen LogP contribution in [-0.2, 0) is 14.8 Å². The average Bonchev–Trinajstić information content (AvgIpc) is 3.47. The van der Waals surface area contributed by atoms with Crippen molar-refractivity contribution in [1.29, 1.82) is 0 Å². The van der Waals surface area contributed by atoms with Gasteiger partial charge in [0.05, 0.1) is 18.4 Å². The number of carbonyl (C=O) groups excluding carboxylic acids is 1. The zero-order chi connectivity index (χ0) is 19.9. The first kappa shape index (κ1) is 18.4. The monoisotopic (exact) mass is 396 g/mol. The van der Waals surface area contributed by atoms with E-state index in [9.17, 15) is 13.2 Å². The lowest BCUT2D eigenvalue weighted by Gasteiger charge is -2.14. The van der Waals surface area contributed by atoms with E-state index in [2.05, 4.69) is 4.98 Å². The molecule has 144 valence electrons. The number of rotatable bonds is 5. The summed E-state index contributed by atoms with van der Waals surface area (Å²) in [6.45, 7) is 1.93. The molecule has 0 saturated heterocycles. The van der Waals surface area contributed by atoms with Crippen LogP contribution in [0.4, 0.5) is 0 Å². The Bertz CT molecular complexity index is 1150. The van der Waals surface area contributed by atoms with Crippen molar-refractivity contribution >= 4 is 16.0 Å². The van der Waals surface area contributed by atoms with Crippen molar-refractivity contribution in [2.24, 2.45) is 0 Å². The summed E-state index contributed by atoms with van der Waals surface area (Å²) < 4.78 is 33.0. The highest BCUT2D eigenvalue weighted by molar-refractivity contribution is 7.90. The Morgan fingerprint density at radius 1 is 1.18 bits per heavy atom. The lowest BCUT2D eigenvalue weighted by atomic mass is 9.98. The zero-order valence-electron chi connectivity index (χ0n) is 15.6. The van der Waals surface area contributed by atoms with Gasteiger partial charge in [0.2, 0.25) is 0 Å². The second-order valence-electron chi connectivity index (χ2n) is 6.88. The molecule has 0 atom stereocenters. The molecule has 6 nitrogen and oxygen atoms in total. The number of methoxy groups -OCH3 is 1. The van der Waals surface area contributed by atoms with Crippen molar-refractivity contribution in [3.05, 3.63) is 71.7 Å². The normalized spacial score (nSPS) is 14.1. The van der Waals surface area contributed by atoms with Gasteiger partial charge in [-0.2, -0.15) is 0 Å². The second-order valence-corrected chi connectivity index (χ2v) is 8.69. The summed E-state index contributed by atoms with van der Waals surface area (Å²) in [5.41, 5.74) is 3.29. The van der Waals surface area contributed by atoms with E-state index < -0.39 is 16.0 Å². The summed E-state index contributed by atoms with van der Waals surface area (Å²) in [5.74, 6) is -0.383. The third kappa shape index (κ3) is 3.01. The topological polar surface area (TPSA) is 78.3 Å². The highest BCUT2D eigenvalue weighted by atomic mass is 32.2. The fourth-order valence-corrected chi connectivity index (χ4v) is 4.81. The fourth-order valence-electron chi connectivity index (χ4n) is 3.46. The molecule has 28 heavy (non-hydrogen) atoms. The van der Waals surface area contributed by atoms with E-state index in [1.807, 2.05) is 31.2 Å². The number of esters is 1. The Kier molecular flexibility index (Phi) is 4.55. The number of aromatic nitrogens is 2. The molecule has 0 aliphatic heterocycles. The Morgan fingerprint density at radius 3 is 2.54 bits per heavy atom. The molecule has 1 saturated carbocycles. The van der Waals surface area contributed by atoms with Gasteiger partial charge in [0, 0.05) is 24.2 Å². The number of aryl methyl sites for hydroxylation is 1. The first-order valence-corrected chi connectivity index (χ1v) is 10.4. The largest absolute Gasteiger partial charge is 0.465 e. The number of benzene rings is 1. The maximum absolute atomic E-state index is 13.4. The third-order valence-corrected chi connectivity index (χ3v) is 6.64. The highest BCUT2D eigenvalue weighted by Crippen LogP contribution is 2.48. The van der Waals surface area contributed by atoms with Gasteiger partial charge in [0.25, 0.3) is 10.0 Å². The maximum Gasteiger partial charge on any atom is 0.339 e. The van der Waals surface area contributed by atoms with Crippen molar-refractivity contribution in [2.75, 3.05) is 7.11 Å². The lowest BCUT2D eigenvalue weighted by molar-refractivity contribution is 0.0599. The van der Waals surface area contributed by atoms with Gasteiger partial charge in [-0.1, -0.05) is 24.3 Å². The van der Waals surface area contributed by atoms with Crippen LogP contribution >= 0.6 is 0 Å². The number of carbonyl (C=O) groups is 1. The van der Waals surface area contributed by atoms with Crippen molar-refractivity contribution in [3.8, 4) is 11.3 Å². The van der Waals surface area contributed by atoms with Gasteiger partial charge in [-0.05, 0) is 48.9 Å². The molecule has 2 aromatic heterocycles. The number of hydrogen-bond donors (Lipinski definition) is 0. The molecule has 2 heterocycles. The molecule has 1 aliphatic rings. The molecule has 4 rings (SSSR count). The van der Waals surface area contributed by atoms with Gasteiger partial charge >= 0.3 is 5.97 Å². The second kappa shape index (κ2) is 6.91. The Hall–Kier alpha value is -2.93. The standard InChI is InChI=1S/C21H20N2O4S/c1-14-6-3-4-8-17(14)20-19(15-9-10-15)18(21(24)27-2)13-23(20)28(25,26)16-7-5-11-22-12-16/h3-8,11-13,15H,9-10H2,1-2H3. The van der Waals surface area contributed by atoms with E-state index >= 15 is 0 Å². The van der Waals surface area contributed by atoms with Gasteiger partial charge in [-0.25, -0.2) is 17.2 Å². The SMILES string of the molecule is COC(=O)c1cn(S(=O)(=O)c2cccnc2)c(-c2ccccc2C)c1C1CC1. The predicted molar refractivity (Wildman–Crippen MR) is 105 cm³/mol. The highest BCUT2D eigenvalue weighted by Gasteiger charge is 2.37. The predicted octanol–water partition coefficient (Wildman–Crippen LogP) is 3.76. The van der Waals surface area contributed by atoms with E-state index in [0.717, 1.165) is 29.5 Å². The van der Waals surface area contributed by atoms with Crippen LogP contribution in [-0.4, -0.2) is 30.5 Å². The summed E-state index contributed by atoms with van der Waals surface area (Å²) in [6.07, 6.45) is 6.06. The van der Waals surface area contributed by atoms with Crippen LogP contribution in [0.1, 0.15) is 40.2 Å². The van der Waals surface area contributed by atoms with Crippen LogP contribution in [0, 0.1) is 6.92 Å². The summed E-state index contributed by atoms with van der Waals surface area (Å²) in [6, 6.07) is 10.7. The maximum atomic E-state index is 13.4. The molecular weight excluding hydrogens is 376 g/mol. The molecule has 7 heteroatoms. The molecule has 0 spiro atoms. The minimum Gasteiger partial charge on any atom is -0.465 e. The van der Waals surface area contributed by atoms with Gasteiger partial charge < -0.3 is 4.74 Å². The first-order valence-electron chi connectivity index (χ1n) is 9.00. The van der Waals surface area contributed by atoms with Gasteiger partial charge in [0.1, 0.15) is 4.90 Å². The van der Waals surface area contributed by atoms with Gasteiger partial charge in [-0.3, -0.25) is 4.98 Å². The van der Waals surface area contributed by atoms with Crippen molar-refractivity contribution < 1.29 is 17.9 Å². The number of nitrogens with zero attached hydrogens (tertiary/aromatic N) is 2. The summed E-state index contributed by atoms with van der Waals surface area (Å²) >= 11 is 0. The van der Waals surface area contributed by atoms with Crippen LogP contribution in [0.25, 0.3) is 11.3 Å². The van der Waals surface area contributed by atoms with Crippen molar-refractivity contribution in [3.63, 3.8) is 0 Å². The van der Waals surface area contributed by atoms with E-state index in [4.69, 9.17) is 4.74 Å². The van der Waals surface area contributed by atoms with E-state index in [1.165, 1.54) is 35.7 Å². The summed E-state index contributed by atoms with van der Waals surface area (Å²) in [7, 11) is -2.63. The average molecular weight is 396 g/mol. The van der Waals surface area contributed by atoms with Gasteiger partial charge in [0.15, 0.2) is 0 Å². The Labute approximate surface area is 163 Å². The smallest absolute Gasteiger partial charge is 0.339 e. The quantitative estimate of drug-likeness (QED) is 0.614. The molecule has 0 N–H and O–H groups in total. The Balaban J connectivity index is 2.06. The molecule has 3 aromatic rings. The molecular formula is C21H20N2O4S. The summed E-state index contributed by atoms with van der Waals surface area (Å²) in [4.78, 5) is 16.5. The van der Waals surface area contributed by atoms with Crippen LogP contribution < -0.4 is 0 Å². The van der Waals surface area contributed by atoms with E-state index in [-0.39, 0.29) is 10.8 Å².